The summed E-state index contributed by atoms with van der Waals surface area (Å²) in [5.74, 6) is 0. The highest BCUT2D eigenvalue weighted by atomic mass is 32.2. The zero-order chi connectivity index (χ0) is 13.5. The second-order valence-corrected chi connectivity index (χ2v) is 5.05. The molecule has 2 aromatic rings. The van der Waals surface area contributed by atoms with E-state index < -0.39 is 25.6 Å². The van der Waals surface area contributed by atoms with Crippen LogP contribution in [0.2, 0.25) is 0 Å². The Morgan fingerprint density at radius 1 is 1.22 bits per heavy atom. The smallest absolute Gasteiger partial charge is 0.295 e. The molecule has 0 heterocycles. The van der Waals surface area contributed by atoms with Gasteiger partial charge in [-0.3, -0.25) is 14.7 Å². The molecule has 3 N–H and O–H groups in total. The average molecular weight is 268 g/mol. The van der Waals surface area contributed by atoms with E-state index in [4.69, 9.17) is 10.3 Å². The number of non-ortho nitro benzene ring substituents is 1. The number of rotatable bonds is 2. The van der Waals surface area contributed by atoms with Crippen LogP contribution in [0.25, 0.3) is 10.8 Å². The summed E-state index contributed by atoms with van der Waals surface area (Å²) < 4.78 is 31.5. The van der Waals surface area contributed by atoms with E-state index in [2.05, 4.69) is 0 Å². The fraction of sp³-hybridized carbons (Fsp3) is 0. The van der Waals surface area contributed by atoms with Crippen molar-refractivity contribution in [3.8, 4) is 0 Å². The summed E-state index contributed by atoms with van der Waals surface area (Å²) in [7, 11) is -4.56. The Kier molecular flexibility index (Phi) is 2.68. The fourth-order valence-electron chi connectivity index (χ4n) is 1.65. The highest BCUT2D eigenvalue weighted by Crippen LogP contribution is 2.29. The van der Waals surface area contributed by atoms with Gasteiger partial charge in [-0.2, -0.15) is 8.42 Å². The molecule has 2 aromatic carbocycles. The number of benzene rings is 2. The van der Waals surface area contributed by atoms with Crippen LogP contribution in [0.15, 0.2) is 35.2 Å². The zero-order valence-electron chi connectivity index (χ0n) is 8.90. The van der Waals surface area contributed by atoms with Gasteiger partial charge in [0.25, 0.3) is 15.8 Å². The van der Waals surface area contributed by atoms with E-state index >= 15 is 0 Å². The molecule has 0 bridgehead atoms. The van der Waals surface area contributed by atoms with E-state index in [0.717, 1.165) is 6.07 Å². The molecule has 0 fully saturated rings. The lowest BCUT2D eigenvalue weighted by molar-refractivity contribution is -0.384. The predicted octanol–water partition coefficient (Wildman–Crippen LogP) is 1.58. The van der Waals surface area contributed by atoms with Crippen LogP contribution in [0, 0.1) is 10.1 Å². The van der Waals surface area contributed by atoms with E-state index in [1.54, 1.807) is 0 Å². The first-order valence-corrected chi connectivity index (χ1v) is 6.18. The molecule has 0 spiro atoms. The van der Waals surface area contributed by atoms with Crippen molar-refractivity contribution in [2.75, 3.05) is 5.73 Å². The SMILES string of the molecule is Nc1ccc2cc([N+](=O)[O-])cc(S(=O)(=O)O)c2c1. The van der Waals surface area contributed by atoms with E-state index in [1.807, 2.05) is 0 Å². The van der Waals surface area contributed by atoms with Gasteiger partial charge in [0.05, 0.1) is 4.92 Å². The second kappa shape index (κ2) is 3.93. The van der Waals surface area contributed by atoms with Crippen LogP contribution in [0.3, 0.4) is 0 Å². The lowest BCUT2D eigenvalue weighted by Crippen LogP contribution is -2.01. The standard InChI is InChI=1S/C10H8N2O5S/c11-7-2-1-6-3-8(12(13)14)5-10(9(6)4-7)18(15,16)17/h1-5H,11H2,(H,15,16,17). The molecule has 0 aliphatic heterocycles. The summed E-state index contributed by atoms with van der Waals surface area (Å²) in [6.07, 6.45) is 0. The summed E-state index contributed by atoms with van der Waals surface area (Å²) in [5, 5.41) is 11.1. The molecule has 0 atom stereocenters. The molecule has 2 rings (SSSR count). The normalized spacial score (nSPS) is 11.6. The van der Waals surface area contributed by atoms with Gasteiger partial charge in [0.15, 0.2) is 0 Å². The fourth-order valence-corrected chi connectivity index (χ4v) is 2.37. The summed E-state index contributed by atoms with van der Waals surface area (Å²) in [5.41, 5.74) is 5.40. The Morgan fingerprint density at radius 2 is 1.89 bits per heavy atom. The van der Waals surface area contributed by atoms with Crippen molar-refractivity contribution in [3.05, 3.63) is 40.4 Å². The second-order valence-electron chi connectivity index (χ2n) is 3.66. The molecule has 0 aliphatic rings. The summed E-state index contributed by atoms with van der Waals surface area (Å²) in [4.78, 5) is 9.43. The lowest BCUT2D eigenvalue weighted by atomic mass is 10.1. The first-order valence-electron chi connectivity index (χ1n) is 4.74. The highest BCUT2D eigenvalue weighted by Gasteiger charge is 2.19. The van der Waals surface area contributed by atoms with Gasteiger partial charge >= 0.3 is 0 Å². The monoisotopic (exact) mass is 268 g/mol. The minimum atomic E-state index is -4.56. The maximum Gasteiger partial charge on any atom is 0.295 e. The van der Waals surface area contributed by atoms with Crippen molar-refractivity contribution >= 4 is 32.3 Å². The minimum absolute atomic E-state index is 0.142. The number of hydrogen-bond acceptors (Lipinski definition) is 5. The van der Waals surface area contributed by atoms with Crippen LogP contribution in [0.4, 0.5) is 11.4 Å². The van der Waals surface area contributed by atoms with Gasteiger partial charge in [-0.1, -0.05) is 6.07 Å². The van der Waals surface area contributed by atoms with Gasteiger partial charge in [-0.05, 0) is 17.5 Å². The molecule has 0 unspecified atom stereocenters. The van der Waals surface area contributed by atoms with Crippen LogP contribution in [-0.4, -0.2) is 17.9 Å². The number of nitro benzene ring substituents is 1. The Hall–Kier alpha value is -2.19. The number of anilines is 1. The van der Waals surface area contributed by atoms with Gasteiger partial charge in [0, 0.05) is 23.2 Å². The van der Waals surface area contributed by atoms with Gasteiger partial charge in [-0.25, -0.2) is 0 Å². The Morgan fingerprint density at radius 3 is 2.44 bits per heavy atom. The lowest BCUT2D eigenvalue weighted by Gasteiger charge is -2.05. The van der Waals surface area contributed by atoms with E-state index in [-0.39, 0.29) is 5.39 Å². The van der Waals surface area contributed by atoms with Crippen LogP contribution in [0.1, 0.15) is 0 Å². The van der Waals surface area contributed by atoms with Gasteiger partial charge in [0.2, 0.25) is 0 Å². The van der Waals surface area contributed by atoms with Gasteiger partial charge in [0.1, 0.15) is 4.90 Å². The predicted molar refractivity (Wildman–Crippen MR) is 64.8 cm³/mol. The Labute approximate surface area is 102 Å². The number of nitrogens with two attached hydrogens (primary N) is 1. The summed E-state index contributed by atoms with van der Waals surface area (Å²) in [6, 6.07) is 6.29. The molecule has 18 heavy (non-hydrogen) atoms. The van der Waals surface area contributed by atoms with Crippen LogP contribution in [-0.2, 0) is 10.1 Å². The Bertz CT molecular complexity index is 754. The molecule has 0 radical (unpaired) electrons. The first kappa shape index (κ1) is 12.3. The zero-order valence-corrected chi connectivity index (χ0v) is 9.72. The maximum absolute atomic E-state index is 11.2. The first-order chi connectivity index (χ1) is 8.29. The quantitative estimate of drug-likeness (QED) is 0.369. The number of fused-ring (bicyclic) bond motifs is 1. The number of nitrogen functional groups attached to an aromatic ring is 1. The largest absolute Gasteiger partial charge is 0.399 e. The molecule has 0 saturated carbocycles. The van der Waals surface area contributed by atoms with Crippen LogP contribution in [0.5, 0.6) is 0 Å². The van der Waals surface area contributed by atoms with E-state index in [0.29, 0.717) is 11.1 Å². The average Bonchev–Trinajstić information content (AvgIpc) is 2.26. The minimum Gasteiger partial charge on any atom is -0.399 e. The molecule has 0 aliphatic carbocycles. The number of nitrogens with zero attached hydrogens (tertiary/aromatic N) is 1. The molecule has 94 valence electrons. The maximum atomic E-state index is 11.2. The molecule has 0 saturated heterocycles. The molecule has 0 aromatic heterocycles. The topological polar surface area (TPSA) is 124 Å². The van der Waals surface area contributed by atoms with E-state index in [1.165, 1.54) is 24.3 Å². The summed E-state index contributed by atoms with van der Waals surface area (Å²) >= 11 is 0. The molecule has 7 nitrogen and oxygen atoms in total. The van der Waals surface area contributed by atoms with Crippen molar-refractivity contribution in [1.82, 2.24) is 0 Å². The van der Waals surface area contributed by atoms with Crippen LogP contribution < -0.4 is 5.73 Å². The Balaban J connectivity index is 2.95. The highest BCUT2D eigenvalue weighted by molar-refractivity contribution is 7.86. The van der Waals surface area contributed by atoms with Crippen LogP contribution >= 0.6 is 0 Å². The third-order valence-electron chi connectivity index (χ3n) is 2.41. The van der Waals surface area contributed by atoms with Crippen molar-refractivity contribution in [3.63, 3.8) is 0 Å². The molecule has 0 amide bonds. The van der Waals surface area contributed by atoms with Crippen molar-refractivity contribution in [1.29, 1.82) is 0 Å². The number of hydrogen-bond donors (Lipinski definition) is 2. The molecular weight excluding hydrogens is 260 g/mol. The third-order valence-corrected chi connectivity index (χ3v) is 3.31. The summed E-state index contributed by atoms with van der Waals surface area (Å²) in [6.45, 7) is 0. The molecular formula is C10H8N2O5S. The van der Waals surface area contributed by atoms with E-state index in [9.17, 15) is 18.5 Å². The van der Waals surface area contributed by atoms with Gasteiger partial charge in [-0.15, -0.1) is 0 Å². The number of nitro groups is 1. The van der Waals surface area contributed by atoms with Gasteiger partial charge < -0.3 is 5.73 Å². The van der Waals surface area contributed by atoms with Crippen molar-refractivity contribution in [2.24, 2.45) is 0 Å². The molecule has 8 heteroatoms. The van der Waals surface area contributed by atoms with Crippen molar-refractivity contribution < 1.29 is 17.9 Å². The van der Waals surface area contributed by atoms with Crippen molar-refractivity contribution in [2.45, 2.75) is 4.90 Å². The third kappa shape index (κ3) is 2.11.